The zero-order valence-electron chi connectivity index (χ0n) is 21.4. The van der Waals surface area contributed by atoms with Crippen molar-refractivity contribution in [3.8, 4) is 22.5 Å². The van der Waals surface area contributed by atoms with Gasteiger partial charge < -0.3 is 10.4 Å². The molecule has 0 spiro atoms. The molecule has 5 rings (SSSR count). The number of aromatic nitrogens is 2. The fourth-order valence-electron chi connectivity index (χ4n) is 4.16. The van der Waals surface area contributed by atoms with Gasteiger partial charge in [-0.25, -0.2) is 4.79 Å². The number of carboxylic acid groups (broad SMARTS) is 1. The van der Waals surface area contributed by atoms with Crippen molar-refractivity contribution in [2.24, 2.45) is 10.2 Å². The van der Waals surface area contributed by atoms with Crippen LogP contribution in [0.4, 0.5) is 17.1 Å². The molecular formula is C31H22ClN5O4. The van der Waals surface area contributed by atoms with Gasteiger partial charge in [0.15, 0.2) is 0 Å². The van der Waals surface area contributed by atoms with Crippen molar-refractivity contribution in [3.05, 3.63) is 120 Å². The fraction of sp³-hybridized carbons (Fsp3) is 0.0323. The van der Waals surface area contributed by atoms with Gasteiger partial charge in [0, 0.05) is 21.8 Å². The van der Waals surface area contributed by atoms with Gasteiger partial charge in [-0.3, -0.25) is 9.59 Å². The Balaban J connectivity index is 1.62. The minimum absolute atomic E-state index is 0.0278. The highest BCUT2D eigenvalue weighted by molar-refractivity contribution is 6.30. The third-order valence-corrected chi connectivity index (χ3v) is 6.24. The van der Waals surface area contributed by atoms with Crippen LogP contribution in [-0.2, 0) is 4.79 Å². The number of azo groups is 1. The van der Waals surface area contributed by atoms with E-state index in [1.54, 1.807) is 60.7 Å². The van der Waals surface area contributed by atoms with Gasteiger partial charge in [0.25, 0.3) is 5.91 Å². The van der Waals surface area contributed by atoms with Crippen molar-refractivity contribution < 1.29 is 19.5 Å². The summed E-state index contributed by atoms with van der Waals surface area (Å²) < 4.78 is 1.15. The predicted molar refractivity (Wildman–Crippen MR) is 156 cm³/mol. The second-order valence-electron chi connectivity index (χ2n) is 8.84. The van der Waals surface area contributed by atoms with Crippen molar-refractivity contribution in [1.29, 1.82) is 0 Å². The van der Waals surface area contributed by atoms with Gasteiger partial charge in [0.1, 0.15) is 29.2 Å². The van der Waals surface area contributed by atoms with E-state index >= 15 is 0 Å². The largest absolute Gasteiger partial charge is 0.478 e. The quantitative estimate of drug-likeness (QED) is 0.148. The van der Waals surface area contributed by atoms with Gasteiger partial charge in [-0.05, 0) is 30.3 Å². The summed E-state index contributed by atoms with van der Waals surface area (Å²) in [7, 11) is 0. The molecule has 0 aliphatic carbocycles. The number of amides is 1. The topological polar surface area (TPSA) is 126 Å². The first-order chi connectivity index (χ1) is 19.9. The second kappa shape index (κ2) is 12.2. The molecule has 0 saturated heterocycles. The van der Waals surface area contributed by atoms with E-state index in [-0.39, 0.29) is 16.9 Å². The summed E-state index contributed by atoms with van der Waals surface area (Å²) in [6, 6.07) is 30.9. The van der Waals surface area contributed by atoms with Gasteiger partial charge in [-0.2, -0.15) is 9.78 Å². The molecule has 1 amide bonds. The Labute approximate surface area is 239 Å². The maximum atomic E-state index is 13.6. The molecule has 0 aliphatic rings. The fourth-order valence-corrected chi connectivity index (χ4v) is 4.35. The van der Waals surface area contributed by atoms with Crippen molar-refractivity contribution in [2.75, 3.05) is 5.32 Å². The lowest BCUT2D eigenvalue weighted by atomic mass is 10.1. The molecule has 1 aromatic heterocycles. The lowest BCUT2D eigenvalue weighted by Gasteiger charge is -2.08. The summed E-state index contributed by atoms with van der Waals surface area (Å²) >= 11 is 6.01. The molecule has 1 heterocycles. The summed E-state index contributed by atoms with van der Waals surface area (Å²) in [5.74, 6) is -2.30. The second-order valence-corrected chi connectivity index (χ2v) is 9.28. The van der Waals surface area contributed by atoms with E-state index in [0.717, 1.165) is 4.68 Å². The zero-order chi connectivity index (χ0) is 28.8. The SMILES string of the molecule is O=C(CC(=O)n1nc(-c2ccccc2)c(N=Nc2ccccc2C(=O)O)c1-c1ccccc1)Nc1cccc(Cl)c1. The van der Waals surface area contributed by atoms with Gasteiger partial charge in [0.2, 0.25) is 5.91 Å². The van der Waals surface area contributed by atoms with Crippen LogP contribution in [0, 0.1) is 0 Å². The Bertz CT molecular complexity index is 1770. The van der Waals surface area contributed by atoms with Crippen molar-refractivity contribution in [2.45, 2.75) is 6.42 Å². The third kappa shape index (κ3) is 6.26. The van der Waals surface area contributed by atoms with Gasteiger partial charge in [-0.15, -0.1) is 10.2 Å². The number of nitrogens with zero attached hydrogens (tertiary/aromatic N) is 4. The van der Waals surface area contributed by atoms with E-state index in [9.17, 15) is 19.5 Å². The number of hydrogen-bond acceptors (Lipinski definition) is 6. The Hall–Kier alpha value is -5.41. The van der Waals surface area contributed by atoms with E-state index in [4.69, 9.17) is 11.6 Å². The minimum Gasteiger partial charge on any atom is -0.478 e. The minimum atomic E-state index is -1.15. The van der Waals surface area contributed by atoms with E-state index in [2.05, 4.69) is 20.6 Å². The lowest BCUT2D eigenvalue weighted by molar-refractivity contribution is -0.115. The van der Waals surface area contributed by atoms with Crippen LogP contribution in [0.2, 0.25) is 5.02 Å². The van der Waals surface area contributed by atoms with Crippen LogP contribution < -0.4 is 5.32 Å². The summed E-state index contributed by atoms with van der Waals surface area (Å²) in [6.07, 6.45) is -0.513. The molecule has 4 aromatic carbocycles. The van der Waals surface area contributed by atoms with E-state index in [1.165, 1.54) is 12.1 Å². The lowest BCUT2D eigenvalue weighted by Crippen LogP contribution is -2.22. The maximum absolute atomic E-state index is 13.6. The average Bonchev–Trinajstić information content (AvgIpc) is 3.37. The van der Waals surface area contributed by atoms with Crippen LogP contribution in [-0.4, -0.2) is 32.7 Å². The van der Waals surface area contributed by atoms with Crippen LogP contribution in [0.3, 0.4) is 0 Å². The molecule has 0 fully saturated rings. The zero-order valence-corrected chi connectivity index (χ0v) is 22.2. The highest BCUT2D eigenvalue weighted by atomic mass is 35.5. The number of carbonyl (C=O) groups excluding carboxylic acids is 2. The summed E-state index contributed by atoms with van der Waals surface area (Å²) in [5, 5.41) is 26.0. The number of hydrogen-bond donors (Lipinski definition) is 2. The Morgan fingerprint density at radius 2 is 1.46 bits per heavy atom. The first-order valence-electron chi connectivity index (χ1n) is 12.5. The smallest absolute Gasteiger partial charge is 0.337 e. The van der Waals surface area contributed by atoms with Crippen LogP contribution in [0.15, 0.2) is 119 Å². The summed E-state index contributed by atoms with van der Waals surface area (Å²) in [6.45, 7) is 0. The predicted octanol–water partition coefficient (Wildman–Crippen LogP) is 7.65. The van der Waals surface area contributed by atoms with E-state index < -0.39 is 24.2 Å². The monoisotopic (exact) mass is 563 g/mol. The standard InChI is InChI=1S/C31H22ClN5O4/c32-22-14-9-15-23(18-22)33-26(38)19-27(39)37-30(21-12-5-2-6-13-21)29(28(36-37)20-10-3-1-4-11-20)35-34-25-17-8-7-16-24(25)31(40)41/h1-18H,19H2,(H,33,38)(H,40,41). The van der Waals surface area contributed by atoms with Crippen molar-refractivity contribution >= 4 is 46.4 Å². The van der Waals surface area contributed by atoms with E-state index in [1.807, 2.05) is 36.4 Å². The molecule has 9 nitrogen and oxygen atoms in total. The van der Waals surface area contributed by atoms with Gasteiger partial charge >= 0.3 is 5.97 Å². The highest BCUT2D eigenvalue weighted by Crippen LogP contribution is 2.40. The third-order valence-electron chi connectivity index (χ3n) is 6.00. The normalized spacial score (nSPS) is 11.0. The number of carbonyl (C=O) groups is 3. The average molecular weight is 564 g/mol. The Morgan fingerprint density at radius 3 is 2.15 bits per heavy atom. The van der Waals surface area contributed by atoms with E-state index in [0.29, 0.717) is 33.2 Å². The number of rotatable bonds is 8. The van der Waals surface area contributed by atoms with Crippen molar-refractivity contribution in [1.82, 2.24) is 9.78 Å². The molecule has 5 aromatic rings. The molecule has 41 heavy (non-hydrogen) atoms. The highest BCUT2D eigenvalue weighted by Gasteiger charge is 2.26. The molecule has 10 heteroatoms. The van der Waals surface area contributed by atoms with Crippen LogP contribution in [0.5, 0.6) is 0 Å². The molecular weight excluding hydrogens is 542 g/mol. The van der Waals surface area contributed by atoms with Gasteiger partial charge in [0.05, 0.1) is 5.56 Å². The van der Waals surface area contributed by atoms with Crippen molar-refractivity contribution in [3.63, 3.8) is 0 Å². The maximum Gasteiger partial charge on any atom is 0.337 e. The molecule has 0 bridgehead atoms. The molecule has 0 saturated carbocycles. The molecule has 0 atom stereocenters. The number of benzene rings is 4. The summed E-state index contributed by atoms with van der Waals surface area (Å²) in [4.78, 5) is 38.1. The molecule has 0 unspecified atom stereocenters. The number of halogens is 1. The molecule has 202 valence electrons. The Kier molecular flexibility index (Phi) is 8.08. The van der Waals surface area contributed by atoms with Crippen LogP contribution in [0.1, 0.15) is 21.6 Å². The van der Waals surface area contributed by atoms with Crippen LogP contribution >= 0.6 is 11.6 Å². The number of carboxylic acids is 1. The number of nitrogens with one attached hydrogen (secondary N) is 1. The molecule has 2 N–H and O–H groups in total. The summed E-state index contributed by atoms with van der Waals surface area (Å²) in [5.41, 5.74) is 2.71. The number of aromatic carboxylic acids is 1. The first-order valence-corrected chi connectivity index (χ1v) is 12.8. The Morgan fingerprint density at radius 1 is 0.805 bits per heavy atom. The van der Waals surface area contributed by atoms with Gasteiger partial charge in [-0.1, -0.05) is 90.5 Å². The first kappa shape index (κ1) is 27.2. The molecule has 0 radical (unpaired) electrons. The molecule has 0 aliphatic heterocycles. The van der Waals surface area contributed by atoms with Crippen LogP contribution in [0.25, 0.3) is 22.5 Å². The number of anilines is 1.